The lowest BCUT2D eigenvalue weighted by molar-refractivity contribution is -0.150. The highest BCUT2D eigenvalue weighted by atomic mass is 16.6. The van der Waals surface area contributed by atoms with E-state index in [1.165, 1.54) is 12.8 Å². The predicted octanol–water partition coefficient (Wildman–Crippen LogP) is 1.10. The molecule has 2 bridgehead atoms. The molecule has 0 spiro atoms. The van der Waals surface area contributed by atoms with Crippen LogP contribution in [0.3, 0.4) is 0 Å². The van der Waals surface area contributed by atoms with Gasteiger partial charge in [0.1, 0.15) is 0 Å². The molecule has 3 saturated carbocycles. The average Bonchev–Trinajstić information content (AvgIpc) is 2.49. The van der Waals surface area contributed by atoms with Crippen LogP contribution in [0.25, 0.3) is 0 Å². The van der Waals surface area contributed by atoms with Crippen LogP contribution in [0.2, 0.25) is 0 Å². The summed E-state index contributed by atoms with van der Waals surface area (Å²) < 4.78 is 11.1. The van der Waals surface area contributed by atoms with Crippen LogP contribution in [0.5, 0.6) is 0 Å². The molecule has 1 aliphatic heterocycles. The first-order valence-electron chi connectivity index (χ1n) is 4.93. The molecule has 1 saturated heterocycles. The molecule has 66 valence electrons. The van der Waals surface area contributed by atoms with Crippen molar-refractivity contribution in [2.75, 3.05) is 0 Å². The van der Waals surface area contributed by atoms with Crippen molar-refractivity contribution >= 4 is 7.69 Å². The molecule has 0 amide bonds. The highest BCUT2D eigenvalue weighted by Crippen LogP contribution is 2.61. The summed E-state index contributed by atoms with van der Waals surface area (Å²) >= 11 is 0. The lowest BCUT2D eigenvalue weighted by Gasteiger charge is -2.60. The van der Waals surface area contributed by atoms with Crippen LogP contribution >= 0.6 is 0 Å². The summed E-state index contributed by atoms with van der Waals surface area (Å²) in [5.41, 5.74) is 0.523. The Hall–Kier alpha value is -0.0151. The summed E-state index contributed by atoms with van der Waals surface area (Å²) in [5, 5.41) is 0. The van der Waals surface area contributed by atoms with Gasteiger partial charge in [0, 0.05) is 0 Å². The van der Waals surface area contributed by atoms with Gasteiger partial charge in [-0.1, -0.05) is 13.8 Å². The first-order valence-corrected chi connectivity index (χ1v) is 4.93. The minimum absolute atomic E-state index is 0.421. The van der Waals surface area contributed by atoms with Crippen molar-refractivity contribution in [1.82, 2.24) is 0 Å². The van der Waals surface area contributed by atoms with Gasteiger partial charge in [-0.15, -0.1) is 0 Å². The van der Waals surface area contributed by atoms with Gasteiger partial charge in [-0.3, -0.25) is 0 Å². The zero-order valence-electron chi connectivity index (χ0n) is 7.75. The van der Waals surface area contributed by atoms with E-state index in [2.05, 4.69) is 13.8 Å². The van der Waals surface area contributed by atoms with Gasteiger partial charge in [0.05, 0.1) is 12.2 Å². The Balaban J connectivity index is 1.88. The van der Waals surface area contributed by atoms with Crippen LogP contribution < -0.4 is 0 Å². The fraction of sp³-hybridized carbons (Fsp3) is 1.00. The monoisotopic (exact) mass is 166 g/mol. The van der Waals surface area contributed by atoms with Crippen molar-refractivity contribution < 1.29 is 9.31 Å². The molecule has 4 aliphatic rings. The van der Waals surface area contributed by atoms with Crippen LogP contribution in [-0.2, 0) is 9.31 Å². The Kier molecular flexibility index (Phi) is 1.28. The largest absolute Gasteiger partial charge is 0.438 e. The van der Waals surface area contributed by atoms with Crippen molar-refractivity contribution in [3.05, 3.63) is 0 Å². The standard InChI is InChI=1S/C9H15BO2/c1-9(2)5-3-6(9)8-7(4-5)11-10-12-8/h5-8,10H,3-4H2,1-2H3/t5-,6+,7+,8-/m0/s1. The second kappa shape index (κ2) is 2.07. The van der Waals surface area contributed by atoms with E-state index >= 15 is 0 Å². The normalized spacial score (nSPS) is 53.8. The van der Waals surface area contributed by atoms with Crippen LogP contribution in [0.15, 0.2) is 0 Å². The average molecular weight is 166 g/mol. The maximum atomic E-state index is 5.62. The van der Waals surface area contributed by atoms with Gasteiger partial charge in [0.15, 0.2) is 0 Å². The van der Waals surface area contributed by atoms with Crippen molar-refractivity contribution in [1.29, 1.82) is 0 Å². The lowest BCUT2D eigenvalue weighted by atomic mass is 9.47. The smallest absolute Gasteiger partial charge is 0.409 e. The highest BCUT2D eigenvalue weighted by Gasteiger charge is 2.59. The Morgan fingerprint density at radius 2 is 2.08 bits per heavy atom. The third kappa shape index (κ3) is 0.698. The van der Waals surface area contributed by atoms with Gasteiger partial charge >= 0.3 is 7.69 Å². The summed E-state index contributed by atoms with van der Waals surface area (Å²) in [6.07, 6.45) is 3.46. The minimum atomic E-state index is 0.421. The van der Waals surface area contributed by atoms with Gasteiger partial charge in [0.2, 0.25) is 0 Å². The molecule has 0 unspecified atom stereocenters. The fourth-order valence-corrected chi connectivity index (χ4v) is 3.28. The second-order valence-electron chi connectivity index (χ2n) is 5.05. The van der Waals surface area contributed by atoms with Crippen molar-refractivity contribution in [2.45, 2.75) is 38.9 Å². The fourth-order valence-electron chi connectivity index (χ4n) is 3.28. The molecule has 4 atom stereocenters. The third-order valence-electron chi connectivity index (χ3n) is 4.37. The van der Waals surface area contributed by atoms with Crippen LogP contribution in [0.1, 0.15) is 26.7 Å². The maximum absolute atomic E-state index is 5.62. The molecule has 0 aromatic rings. The number of hydrogen-bond donors (Lipinski definition) is 0. The number of hydrogen-bond acceptors (Lipinski definition) is 2. The first kappa shape index (κ1) is 7.39. The van der Waals surface area contributed by atoms with Crippen LogP contribution in [0.4, 0.5) is 0 Å². The minimum Gasteiger partial charge on any atom is -0.409 e. The third-order valence-corrected chi connectivity index (χ3v) is 4.37. The van der Waals surface area contributed by atoms with Crippen LogP contribution in [0, 0.1) is 17.3 Å². The van der Waals surface area contributed by atoms with Gasteiger partial charge in [0.25, 0.3) is 0 Å². The SMILES string of the molecule is CC1(C)[C@H]2C[C@@H]1[C@@H]1OBO[C@@H]1C2. The van der Waals surface area contributed by atoms with Gasteiger partial charge in [-0.25, -0.2) is 0 Å². The Morgan fingerprint density at radius 1 is 1.25 bits per heavy atom. The Bertz CT molecular complexity index is 217. The summed E-state index contributed by atoms with van der Waals surface area (Å²) in [6, 6.07) is 0. The molecule has 1 heterocycles. The topological polar surface area (TPSA) is 18.5 Å². The lowest BCUT2D eigenvalue weighted by Crippen LogP contribution is -2.59. The quantitative estimate of drug-likeness (QED) is 0.501. The first-order chi connectivity index (χ1) is 5.69. The molecule has 4 fully saturated rings. The molecule has 0 aromatic heterocycles. The molecule has 4 rings (SSSR count). The van der Waals surface area contributed by atoms with Gasteiger partial charge < -0.3 is 9.31 Å². The van der Waals surface area contributed by atoms with E-state index in [0.29, 0.717) is 25.3 Å². The summed E-state index contributed by atoms with van der Waals surface area (Å²) in [5.74, 6) is 1.66. The molecule has 0 radical (unpaired) electrons. The van der Waals surface area contributed by atoms with Gasteiger partial charge in [-0.05, 0) is 30.1 Å². The molecule has 0 aromatic carbocycles. The molecule has 3 aliphatic carbocycles. The van der Waals surface area contributed by atoms with E-state index in [-0.39, 0.29) is 0 Å². The molecule has 2 nitrogen and oxygen atoms in total. The zero-order chi connectivity index (χ0) is 8.34. The van der Waals surface area contributed by atoms with E-state index in [1.807, 2.05) is 0 Å². The Morgan fingerprint density at radius 3 is 2.83 bits per heavy atom. The van der Waals surface area contributed by atoms with Crippen molar-refractivity contribution in [2.24, 2.45) is 17.3 Å². The van der Waals surface area contributed by atoms with Crippen molar-refractivity contribution in [3.8, 4) is 0 Å². The molecule has 0 N–H and O–H groups in total. The molecular weight excluding hydrogens is 151 g/mol. The van der Waals surface area contributed by atoms with E-state index in [0.717, 1.165) is 11.8 Å². The maximum Gasteiger partial charge on any atom is 0.438 e. The van der Waals surface area contributed by atoms with Crippen molar-refractivity contribution in [3.63, 3.8) is 0 Å². The predicted molar refractivity (Wildman–Crippen MR) is 46.9 cm³/mol. The van der Waals surface area contributed by atoms with Gasteiger partial charge in [-0.2, -0.15) is 0 Å². The molecule has 3 heteroatoms. The highest BCUT2D eigenvalue weighted by molar-refractivity contribution is 6.19. The Labute approximate surface area is 73.9 Å². The van der Waals surface area contributed by atoms with E-state index in [4.69, 9.17) is 9.31 Å². The zero-order valence-corrected chi connectivity index (χ0v) is 7.75. The molecular formula is C9H15BO2. The molecule has 12 heavy (non-hydrogen) atoms. The van der Waals surface area contributed by atoms with Crippen LogP contribution in [-0.4, -0.2) is 19.9 Å². The van der Waals surface area contributed by atoms with E-state index < -0.39 is 0 Å². The summed E-state index contributed by atoms with van der Waals surface area (Å²) in [6.45, 7) is 4.76. The number of rotatable bonds is 0. The second-order valence-corrected chi connectivity index (χ2v) is 5.05. The van der Waals surface area contributed by atoms with E-state index in [1.54, 1.807) is 0 Å². The summed E-state index contributed by atoms with van der Waals surface area (Å²) in [4.78, 5) is 0. The summed E-state index contributed by atoms with van der Waals surface area (Å²) in [7, 11) is 0.536. The van der Waals surface area contributed by atoms with E-state index in [9.17, 15) is 0 Å².